The predicted molar refractivity (Wildman–Crippen MR) is 106 cm³/mol. The molecule has 0 spiro atoms. The zero-order chi connectivity index (χ0) is 23.2. The highest BCUT2D eigenvalue weighted by Crippen LogP contribution is 2.24. The average Bonchev–Trinajstić information content (AvgIpc) is 2.76. The molecule has 0 heterocycles. The van der Waals surface area contributed by atoms with Gasteiger partial charge in [0, 0.05) is 19.3 Å². The standard InChI is InChI=1S/C21H21F3O6Si/c1-4-18(25)28-31(29-19(26)5-2,30-20(27)6-3)15-9-7-13(8-10-15)14-11-16(22)21(24)17(23)12-14/h7-12H,4-6H2,1-3H3. The number of carbonyl (C=O) groups is 3. The van der Waals surface area contributed by atoms with Crippen LogP contribution in [0, 0.1) is 17.5 Å². The summed E-state index contributed by atoms with van der Waals surface area (Å²) in [5.74, 6) is -6.53. The zero-order valence-electron chi connectivity index (χ0n) is 17.2. The van der Waals surface area contributed by atoms with Crippen LogP contribution in [0.2, 0.25) is 0 Å². The van der Waals surface area contributed by atoms with Crippen LogP contribution in [0.4, 0.5) is 13.2 Å². The van der Waals surface area contributed by atoms with Gasteiger partial charge in [0.15, 0.2) is 17.5 Å². The molecule has 0 aliphatic rings. The molecule has 0 N–H and O–H groups in total. The molecule has 166 valence electrons. The van der Waals surface area contributed by atoms with Crippen LogP contribution in [-0.2, 0) is 27.7 Å². The van der Waals surface area contributed by atoms with Crippen LogP contribution in [0.15, 0.2) is 36.4 Å². The number of hydrogen-bond acceptors (Lipinski definition) is 6. The van der Waals surface area contributed by atoms with E-state index in [4.69, 9.17) is 13.3 Å². The molecule has 0 atom stereocenters. The van der Waals surface area contributed by atoms with Crippen LogP contribution >= 0.6 is 0 Å². The van der Waals surface area contributed by atoms with E-state index in [1.54, 1.807) is 0 Å². The van der Waals surface area contributed by atoms with E-state index in [2.05, 4.69) is 0 Å². The molecule has 0 saturated heterocycles. The van der Waals surface area contributed by atoms with Gasteiger partial charge in [-0.15, -0.1) is 0 Å². The Balaban J connectivity index is 2.55. The molecule has 0 aliphatic heterocycles. The lowest BCUT2D eigenvalue weighted by atomic mass is 10.1. The van der Waals surface area contributed by atoms with Gasteiger partial charge in [-0.1, -0.05) is 45.0 Å². The minimum Gasteiger partial charge on any atom is -0.452 e. The van der Waals surface area contributed by atoms with Crippen LogP contribution in [-0.4, -0.2) is 26.7 Å². The van der Waals surface area contributed by atoms with E-state index >= 15 is 0 Å². The normalized spacial score (nSPS) is 11.0. The maximum atomic E-state index is 13.6. The second-order valence-corrected chi connectivity index (χ2v) is 8.67. The molecule has 0 aromatic heterocycles. The van der Waals surface area contributed by atoms with Crippen LogP contribution in [0.1, 0.15) is 40.0 Å². The van der Waals surface area contributed by atoms with E-state index in [1.165, 1.54) is 45.0 Å². The molecule has 0 aliphatic carbocycles. The second-order valence-electron chi connectivity index (χ2n) is 6.37. The van der Waals surface area contributed by atoms with E-state index in [0.29, 0.717) is 5.56 Å². The number of hydrogen-bond donors (Lipinski definition) is 0. The topological polar surface area (TPSA) is 78.9 Å². The fourth-order valence-electron chi connectivity index (χ4n) is 2.49. The van der Waals surface area contributed by atoms with Gasteiger partial charge >= 0.3 is 8.80 Å². The van der Waals surface area contributed by atoms with Gasteiger partial charge in [-0.3, -0.25) is 14.4 Å². The van der Waals surface area contributed by atoms with E-state index in [0.717, 1.165) is 12.1 Å². The van der Waals surface area contributed by atoms with Gasteiger partial charge in [-0.05, 0) is 23.3 Å². The molecule has 2 aromatic rings. The first-order valence-electron chi connectivity index (χ1n) is 9.56. The van der Waals surface area contributed by atoms with Crippen molar-refractivity contribution in [3.05, 3.63) is 53.8 Å². The first-order valence-corrected chi connectivity index (χ1v) is 11.3. The van der Waals surface area contributed by atoms with Gasteiger partial charge < -0.3 is 13.3 Å². The number of rotatable bonds is 8. The Morgan fingerprint density at radius 3 is 1.45 bits per heavy atom. The maximum absolute atomic E-state index is 13.6. The molecule has 0 amide bonds. The number of halogens is 3. The maximum Gasteiger partial charge on any atom is 0.742 e. The zero-order valence-corrected chi connectivity index (χ0v) is 18.2. The van der Waals surface area contributed by atoms with Gasteiger partial charge in [0.2, 0.25) is 0 Å². The minimum atomic E-state index is -4.34. The largest absolute Gasteiger partial charge is 0.742 e. The lowest BCUT2D eigenvalue weighted by molar-refractivity contribution is -0.149. The van der Waals surface area contributed by atoms with E-state index in [9.17, 15) is 27.6 Å². The third-order valence-corrected chi connectivity index (χ3v) is 6.70. The van der Waals surface area contributed by atoms with Crippen molar-refractivity contribution in [2.45, 2.75) is 40.0 Å². The smallest absolute Gasteiger partial charge is 0.452 e. The highest BCUT2D eigenvalue weighted by atomic mass is 28.4. The Kier molecular flexibility index (Phi) is 7.98. The number of carbonyl (C=O) groups excluding carboxylic acids is 3. The van der Waals surface area contributed by atoms with Crippen molar-refractivity contribution in [2.24, 2.45) is 0 Å². The Hall–Kier alpha value is -3.14. The van der Waals surface area contributed by atoms with Gasteiger partial charge in [0.1, 0.15) is 0 Å². The van der Waals surface area contributed by atoms with Crippen LogP contribution in [0.25, 0.3) is 11.1 Å². The summed E-state index contributed by atoms with van der Waals surface area (Å²) < 4.78 is 56.4. The number of benzene rings is 2. The minimum absolute atomic E-state index is 0.0527. The average molecular weight is 454 g/mol. The summed E-state index contributed by atoms with van der Waals surface area (Å²) in [6.07, 6.45) is -0.184. The highest BCUT2D eigenvalue weighted by molar-refractivity contribution is 6.79. The first-order chi connectivity index (χ1) is 14.7. The highest BCUT2D eigenvalue weighted by Gasteiger charge is 2.55. The molecule has 10 heteroatoms. The third kappa shape index (κ3) is 5.72. The Morgan fingerprint density at radius 1 is 0.710 bits per heavy atom. The molecular weight excluding hydrogens is 433 g/mol. The molecule has 0 unspecified atom stereocenters. The fraction of sp³-hybridized carbons (Fsp3) is 0.286. The molecule has 2 rings (SSSR count). The summed E-state index contributed by atoms with van der Waals surface area (Å²) in [5.41, 5.74) is 0.353. The summed E-state index contributed by atoms with van der Waals surface area (Å²) in [7, 11) is -4.34. The third-order valence-electron chi connectivity index (χ3n) is 4.17. The van der Waals surface area contributed by atoms with Crippen LogP contribution in [0.3, 0.4) is 0 Å². The summed E-state index contributed by atoms with van der Waals surface area (Å²) in [4.78, 5) is 36.1. The summed E-state index contributed by atoms with van der Waals surface area (Å²) >= 11 is 0. The lowest BCUT2D eigenvalue weighted by Crippen LogP contribution is -2.59. The Bertz CT molecular complexity index is 909. The quantitative estimate of drug-likeness (QED) is 0.446. The molecule has 31 heavy (non-hydrogen) atoms. The van der Waals surface area contributed by atoms with Crippen molar-refractivity contribution in [2.75, 3.05) is 0 Å². The summed E-state index contributed by atoms with van der Waals surface area (Å²) in [5, 5.41) is 0.115. The fourth-order valence-corrected chi connectivity index (χ4v) is 4.88. The van der Waals surface area contributed by atoms with Crippen molar-refractivity contribution in [3.8, 4) is 11.1 Å². The summed E-state index contributed by atoms with van der Waals surface area (Å²) in [6, 6.07) is 7.14. The van der Waals surface area contributed by atoms with Gasteiger partial charge in [0.05, 0.1) is 5.19 Å². The van der Waals surface area contributed by atoms with E-state index < -0.39 is 44.2 Å². The Morgan fingerprint density at radius 2 is 1.10 bits per heavy atom. The molecule has 0 radical (unpaired) electrons. The molecular formula is C21H21F3O6Si. The van der Waals surface area contributed by atoms with Crippen molar-refractivity contribution in [1.29, 1.82) is 0 Å². The Labute approximate surface area is 178 Å². The van der Waals surface area contributed by atoms with Gasteiger partial charge in [-0.25, -0.2) is 13.2 Å². The van der Waals surface area contributed by atoms with Crippen molar-refractivity contribution < 1.29 is 40.8 Å². The first kappa shape index (κ1) is 24.1. The molecule has 6 nitrogen and oxygen atoms in total. The van der Waals surface area contributed by atoms with E-state index in [1.807, 2.05) is 0 Å². The van der Waals surface area contributed by atoms with Crippen LogP contribution < -0.4 is 5.19 Å². The van der Waals surface area contributed by atoms with Crippen molar-refractivity contribution in [1.82, 2.24) is 0 Å². The van der Waals surface area contributed by atoms with Crippen LogP contribution in [0.5, 0.6) is 0 Å². The molecule has 0 fully saturated rings. The van der Waals surface area contributed by atoms with Crippen molar-refractivity contribution in [3.63, 3.8) is 0 Å². The molecule has 0 saturated carbocycles. The predicted octanol–water partition coefficient (Wildman–Crippen LogP) is 3.78. The van der Waals surface area contributed by atoms with Gasteiger partial charge in [0.25, 0.3) is 17.9 Å². The van der Waals surface area contributed by atoms with Crippen molar-refractivity contribution >= 4 is 31.9 Å². The van der Waals surface area contributed by atoms with E-state index in [-0.39, 0.29) is 30.0 Å². The monoisotopic (exact) mass is 454 g/mol. The lowest BCUT2D eigenvalue weighted by Gasteiger charge is -2.27. The summed E-state index contributed by atoms with van der Waals surface area (Å²) in [6.45, 7) is 4.56. The van der Waals surface area contributed by atoms with Gasteiger partial charge in [-0.2, -0.15) is 0 Å². The molecule has 0 bridgehead atoms. The molecule has 2 aromatic carbocycles. The second kappa shape index (κ2) is 10.2. The SMILES string of the molecule is CCC(=O)O[Si](OC(=O)CC)(OC(=O)CC)c1ccc(-c2cc(F)c(F)c(F)c2)cc1.